The number of hydrogen-bond donors (Lipinski definition) is 0. The Morgan fingerprint density at radius 2 is 2.23 bits per heavy atom. The largest absolute Gasteiger partial charge is 0.334 e. The zero-order chi connectivity index (χ0) is 18.5. The summed E-state index contributed by atoms with van der Waals surface area (Å²) in [6.07, 6.45) is 3.61. The molecule has 0 atom stereocenters. The van der Waals surface area contributed by atoms with Gasteiger partial charge in [-0.15, -0.1) is 29.3 Å². The van der Waals surface area contributed by atoms with E-state index in [1.807, 2.05) is 24.0 Å². The molecule has 1 fully saturated rings. The molecular formula is C19H24ClN3OS2. The lowest BCUT2D eigenvalue weighted by atomic mass is 9.95. The van der Waals surface area contributed by atoms with Crippen molar-refractivity contribution in [3.8, 4) is 0 Å². The standard InChI is InChI=1S/C19H24ClN3OS2/c1-3-8-23(12-17-4-5-18(20)26-17)19(24)15-6-9-22(10-7-15)11-16-13-25-14(2)21-16/h3-5,13,15H,1,6-12H2,2H3. The second kappa shape index (κ2) is 9.13. The third kappa shape index (κ3) is 5.16. The number of rotatable bonds is 7. The summed E-state index contributed by atoms with van der Waals surface area (Å²) >= 11 is 9.24. The van der Waals surface area contributed by atoms with Crippen molar-refractivity contribution in [2.24, 2.45) is 5.92 Å². The lowest BCUT2D eigenvalue weighted by Crippen LogP contribution is -2.42. The van der Waals surface area contributed by atoms with Crippen molar-refractivity contribution >= 4 is 40.2 Å². The summed E-state index contributed by atoms with van der Waals surface area (Å²) < 4.78 is 0.761. The van der Waals surface area contributed by atoms with Gasteiger partial charge in [-0.3, -0.25) is 9.69 Å². The van der Waals surface area contributed by atoms with Crippen LogP contribution in [0.2, 0.25) is 4.34 Å². The summed E-state index contributed by atoms with van der Waals surface area (Å²) in [7, 11) is 0. The number of likely N-dealkylation sites (tertiary alicyclic amines) is 1. The van der Waals surface area contributed by atoms with Gasteiger partial charge >= 0.3 is 0 Å². The number of nitrogens with zero attached hydrogens (tertiary/aromatic N) is 3. The Bertz CT molecular complexity index is 750. The van der Waals surface area contributed by atoms with E-state index in [1.165, 1.54) is 11.3 Å². The first-order valence-electron chi connectivity index (χ1n) is 8.82. The van der Waals surface area contributed by atoms with Crippen LogP contribution in [0.15, 0.2) is 30.2 Å². The molecule has 26 heavy (non-hydrogen) atoms. The van der Waals surface area contributed by atoms with Crippen LogP contribution < -0.4 is 0 Å². The lowest BCUT2D eigenvalue weighted by Gasteiger charge is -2.33. The molecule has 0 bridgehead atoms. The van der Waals surface area contributed by atoms with Gasteiger partial charge in [-0.1, -0.05) is 17.7 Å². The van der Waals surface area contributed by atoms with E-state index in [9.17, 15) is 4.79 Å². The van der Waals surface area contributed by atoms with Crippen LogP contribution in [0.3, 0.4) is 0 Å². The number of aryl methyl sites for hydroxylation is 1. The topological polar surface area (TPSA) is 36.4 Å². The van der Waals surface area contributed by atoms with Gasteiger partial charge < -0.3 is 4.90 Å². The normalized spacial score (nSPS) is 15.9. The molecule has 1 amide bonds. The van der Waals surface area contributed by atoms with Crippen molar-refractivity contribution in [1.82, 2.24) is 14.8 Å². The molecule has 140 valence electrons. The van der Waals surface area contributed by atoms with Gasteiger partial charge in [0, 0.05) is 29.3 Å². The van der Waals surface area contributed by atoms with Crippen LogP contribution in [0.4, 0.5) is 0 Å². The van der Waals surface area contributed by atoms with Crippen LogP contribution in [0.1, 0.15) is 28.4 Å². The summed E-state index contributed by atoms with van der Waals surface area (Å²) in [5, 5.41) is 3.24. The minimum Gasteiger partial charge on any atom is -0.334 e. The number of thiazole rings is 1. The molecule has 1 aliphatic heterocycles. The molecule has 0 spiro atoms. The van der Waals surface area contributed by atoms with Crippen molar-refractivity contribution in [1.29, 1.82) is 0 Å². The summed E-state index contributed by atoms with van der Waals surface area (Å²) in [6.45, 7) is 9.80. The zero-order valence-electron chi connectivity index (χ0n) is 15.0. The van der Waals surface area contributed by atoms with Gasteiger partial charge in [0.15, 0.2) is 0 Å². The van der Waals surface area contributed by atoms with Crippen molar-refractivity contribution in [3.05, 3.63) is 50.1 Å². The van der Waals surface area contributed by atoms with E-state index >= 15 is 0 Å². The van der Waals surface area contributed by atoms with Crippen molar-refractivity contribution in [2.45, 2.75) is 32.9 Å². The average molecular weight is 410 g/mol. The van der Waals surface area contributed by atoms with Gasteiger partial charge in [0.25, 0.3) is 0 Å². The van der Waals surface area contributed by atoms with Gasteiger partial charge in [-0.25, -0.2) is 4.98 Å². The molecule has 4 nitrogen and oxygen atoms in total. The monoisotopic (exact) mass is 409 g/mol. The van der Waals surface area contributed by atoms with Crippen LogP contribution in [-0.2, 0) is 17.9 Å². The third-order valence-corrected chi connectivity index (χ3v) is 6.66. The number of halogens is 1. The quantitative estimate of drug-likeness (QED) is 0.627. The maximum atomic E-state index is 13.0. The number of aromatic nitrogens is 1. The highest BCUT2D eigenvalue weighted by atomic mass is 35.5. The van der Waals surface area contributed by atoms with Gasteiger partial charge in [0.1, 0.15) is 0 Å². The smallest absolute Gasteiger partial charge is 0.226 e. The zero-order valence-corrected chi connectivity index (χ0v) is 17.4. The Morgan fingerprint density at radius 1 is 1.46 bits per heavy atom. The number of amides is 1. The van der Waals surface area contributed by atoms with E-state index < -0.39 is 0 Å². The van der Waals surface area contributed by atoms with Gasteiger partial charge in [-0.05, 0) is 45.0 Å². The molecule has 1 saturated heterocycles. The summed E-state index contributed by atoms with van der Waals surface area (Å²) in [4.78, 5) is 22.9. The molecular weight excluding hydrogens is 386 g/mol. The average Bonchev–Trinajstić information content (AvgIpc) is 3.22. The van der Waals surface area contributed by atoms with Crippen molar-refractivity contribution < 1.29 is 4.79 Å². The third-order valence-electron chi connectivity index (χ3n) is 4.63. The van der Waals surface area contributed by atoms with Gasteiger partial charge in [0.05, 0.1) is 21.6 Å². The number of thiophene rings is 1. The Hall–Kier alpha value is -1.21. The molecule has 0 saturated carbocycles. The number of carbonyl (C=O) groups excluding carboxylic acids is 1. The van der Waals surface area contributed by atoms with Crippen LogP contribution in [0, 0.1) is 12.8 Å². The number of piperidine rings is 1. The molecule has 0 radical (unpaired) electrons. The molecule has 3 rings (SSSR count). The minimum atomic E-state index is 0.0961. The number of carbonyl (C=O) groups is 1. The SMILES string of the molecule is C=CCN(Cc1ccc(Cl)s1)C(=O)C1CCN(Cc2csc(C)n2)CC1. The Balaban J connectivity index is 1.54. The first-order valence-corrected chi connectivity index (χ1v) is 10.9. The second-order valence-corrected chi connectivity index (χ2v) is 9.48. The molecule has 2 aromatic rings. The second-order valence-electron chi connectivity index (χ2n) is 6.62. The predicted molar refractivity (Wildman–Crippen MR) is 110 cm³/mol. The van der Waals surface area contributed by atoms with Crippen LogP contribution in [0.5, 0.6) is 0 Å². The summed E-state index contributed by atoms with van der Waals surface area (Å²) in [6, 6.07) is 3.88. The van der Waals surface area contributed by atoms with E-state index in [1.54, 1.807) is 17.4 Å². The van der Waals surface area contributed by atoms with E-state index in [4.69, 9.17) is 11.6 Å². The molecule has 3 heterocycles. The summed E-state index contributed by atoms with van der Waals surface area (Å²) in [5.41, 5.74) is 1.14. The van der Waals surface area contributed by atoms with Crippen LogP contribution in [0.25, 0.3) is 0 Å². The molecule has 0 aliphatic carbocycles. The Labute approximate surface area is 168 Å². The van der Waals surface area contributed by atoms with Gasteiger partial charge in [-0.2, -0.15) is 0 Å². The molecule has 0 N–H and O–H groups in total. The Kier molecular flexibility index (Phi) is 6.86. The highest BCUT2D eigenvalue weighted by molar-refractivity contribution is 7.16. The fraction of sp³-hybridized carbons (Fsp3) is 0.474. The van der Waals surface area contributed by atoms with Crippen molar-refractivity contribution in [3.63, 3.8) is 0 Å². The number of hydrogen-bond acceptors (Lipinski definition) is 5. The summed E-state index contributed by atoms with van der Waals surface area (Å²) in [5.74, 6) is 0.331. The highest BCUT2D eigenvalue weighted by Gasteiger charge is 2.28. The highest BCUT2D eigenvalue weighted by Crippen LogP contribution is 2.26. The minimum absolute atomic E-state index is 0.0961. The first kappa shape index (κ1) is 19.5. The van der Waals surface area contributed by atoms with E-state index in [2.05, 4.69) is 21.8 Å². The van der Waals surface area contributed by atoms with E-state index in [-0.39, 0.29) is 11.8 Å². The molecule has 1 aliphatic rings. The fourth-order valence-electron chi connectivity index (χ4n) is 3.32. The molecule has 0 unspecified atom stereocenters. The van der Waals surface area contributed by atoms with Gasteiger partial charge in [0.2, 0.25) is 5.91 Å². The molecule has 2 aromatic heterocycles. The fourth-order valence-corrected chi connectivity index (χ4v) is 5.03. The lowest BCUT2D eigenvalue weighted by molar-refractivity contribution is -0.137. The van der Waals surface area contributed by atoms with Crippen LogP contribution in [-0.4, -0.2) is 40.3 Å². The van der Waals surface area contributed by atoms with E-state index in [0.29, 0.717) is 13.1 Å². The maximum Gasteiger partial charge on any atom is 0.226 e. The first-order chi connectivity index (χ1) is 12.5. The predicted octanol–water partition coefficient (Wildman–Crippen LogP) is 4.59. The maximum absolute atomic E-state index is 13.0. The van der Waals surface area contributed by atoms with Crippen molar-refractivity contribution in [2.75, 3.05) is 19.6 Å². The van der Waals surface area contributed by atoms with Crippen LogP contribution >= 0.6 is 34.3 Å². The van der Waals surface area contributed by atoms with E-state index in [0.717, 1.165) is 52.4 Å². The molecule has 7 heteroatoms. The molecule has 0 aromatic carbocycles. The Morgan fingerprint density at radius 3 is 2.81 bits per heavy atom.